The molecule has 33 heavy (non-hydrogen) atoms. The van der Waals surface area contributed by atoms with E-state index in [1.54, 1.807) is 24.8 Å². The van der Waals surface area contributed by atoms with Crippen molar-refractivity contribution in [2.24, 2.45) is 5.73 Å². The summed E-state index contributed by atoms with van der Waals surface area (Å²) in [6.45, 7) is 1.95. The minimum atomic E-state index is -0.611. The second kappa shape index (κ2) is 8.11. The van der Waals surface area contributed by atoms with Crippen molar-refractivity contribution in [3.05, 3.63) is 48.7 Å². The summed E-state index contributed by atoms with van der Waals surface area (Å²) in [4.78, 5) is 44.1. The average Bonchev–Trinajstić information content (AvgIpc) is 3.42. The molecule has 0 spiro atoms. The minimum Gasteiger partial charge on any atom is -0.365 e. The molecule has 5 rings (SSSR count). The normalized spacial score (nSPS) is 11.2. The zero-order chi connectivity index (χ0) is 22.9. The summed E-state index contributed by atoms with van der Waals surface area (Å²) in [6, 6.07) is 3.76. The van der Waals surface area contributed by atoms with Crippen LogP contribution in [0.3, 0.4) is 0 Å². The van der Waals surface area contributed by atoms with Crippen molar-refractivity contribution >= 4 is 39.6 Å². The van der Waals surface area contributed by atoms with Gasteiger partial charge in [0.15, 0.2) is 11.5 Å². The topological polar surface area (TPSA) is 168 Å². The highest BCUT2D eigenvalue weighted by Gasteiger charge is 2.17. The van der Waals surface area contributed by atoms with Gasteiger partial charge in [-0.2, -0.15) is 5.10 Å². The van der Waals surface area contributed by atoms with Crippen molar-refractivity contribution in [3.63, 3.8) is 0 Å². The van der Waals surface area contributed by atoms with E-state index in [0.29, 0.717) is 40.3 Å². The Morgan fingerprint density at radius 3 is 2.70 bits per heavy atom. The third-order valence-electron chi connectivity index (χ3n) is 5.13. The van der Waals surface area contributed by atoms with Gasteiger partial charge in [-0.1, -0.05) is 6.92 Å². The largest absolute Gasteiger partial charge is 0.365 e. The lowest BCUT2D eigenvalue weighted by molar-refractivity contribution is -0.116. The van der Waals surface area contributed by atoms with E-state index >= 15 is 0 Å². The number of anilines is 1. The molecule has 0 aliphatic heterocycles. The molecule has 5 heterocycles. The number of fused-ring (bicyclic) bond motifs is 2. The molecule has 11 heteroatoms. The number of rotatable bonds is 6. The molecule has 0 unspecified atom stereocenters. The Kier molecular flexibility index (Phi) is 4.98. The summed E-state index contributed by atoms with van der Waals surface area (Å²) >= 11 is 0. The van der Waals surface area contributed by atoms with Crippen molar-refractivity contribution in [2.45, 2.75) is 19.8 Å². The standard InChI is InChI=1S/C22H19N9O2/c1-2-3-17(32)27-13-4-11(6-24-8-13)12-5-14-19(30-31-21(14)26-7-12)22-28-16-10-25-9-15(20(23)33)18(16)29-22/h4-10H,2-3H2,1H3,(H2,23,33)(H,27,32)(H,28,29)(H,26,30,31). The van der Waals surface area contributed by atoms with Crippen LogP contribution in [0.15, 0.2) is 43.1 Å². The molecule has 0 fully saturated rings. The van der Waals surface area contributed by atoms with Gasteiger partial charge in [0.05, 0.1) is 34.5 Å². The van der Waals surface area contributed by atoms with Gasteiger partial charge in [-0.05, 0) is 18.6 Å². The van der Waals surface area contributed by atoms with E-state index in [4.69, 9.17) is 5.73 Å². The van der Waals surface area contributed by atoms with Gasteiger partial charge in [-0.25, -0.2) is 9.97 Å². The van der Waals surface area contributed by atoms with Crippen molar-refractivity contribution in [3.8, 4) is 22.6 Å². The molecule has 0 aliphatic carbocycles. The predicted molar refractivity (Wildman–Crippen MR) is 122 cm³/mol. The van der Waals surface area contributed by atoms with Crippen LogP contribution in [0.25, 0.3) is 44.7 Å². The number of pyridine rings is 3. The first-order valence-corrected chi connectivity index (χ1v) is 10.3. The van der Waals surface area contributed by atoms with Gasteiger partial charge < -0.3 is 16.0 Å². The molecule has 2 amide bonds. The average molecular weight is 441 g/mol. The van der Waals surface area contributed by atoms with Gasteiger partial charge in [0.25, 0.3) is 5.91 Å². The van der Waals surface area contributed by atoms with Crippen LogP contribution in [0.4, 0.5) is 5.69 Å². The first-order chi connectivity index (χ1) is 16.0. The number of primary amides is 1. The fourth-order valence-electron chi connectivity index (χ4n) is 3.58. The van der Waals surface area contributed by atoms with Crippen LogP contribution in [0, 0.1) is 0 Å². The molecular weight excluding hydrogens is 422 g/mol. The van der Waals surface area contributed by atoms with Gasteiger partial charge in [-0.3, -0.25) is 24.7 Å². The zero-order valence-electron chi connectivity index (χ0n) is 17.6. The number of nitrogens with one attached hydrogen (secondary N) is 3. The van der Waals surface area contributed by atoms with Crippen molar-refractivity contribution in [2.75, 3.05) is 5.32 Å². The highest BCUT2D eigenvalue weighted by atomic mass is 16.1. The van der Waals surface area contributed by atoms with Crippen LogP contribution in [-0.2, 0) is 4.79 Å². The molecule has 164 valence electrons. The molecule has 0 saturated carbocycles. The van der Waals surface area contributed by atoms with Crippen molar-refractivity contribution in [1.29, 1.82) is 0 Å². The number of aromatic amines is 2. The number of carbonyl (C=O) groups is 2. The summed E-state index contributed by atoms with van der Waals surface area (Å²) in [7, 11) is 0. The maximum Gasteiger partial charge on any atom is 0.252 e. The Labute approximate surface area is 186 Å². The highest BCUT2D eigenvalue weighted by molar-refractivity contribution is 6.04. The minimum absolute atomic E-state index is 0.0585. The first kappa shape index (κ1) is 20.2. The lowest BCUT2D eigenvalue weighted by Gasteiger charge is -2.07. The summed E-state index contributed by atoms with van der Waals surface area (Å²) in [5.74, 6) is -0.221. The third-order valence-corrected chi connectivity index (χ3v) is 5.13. The molecule has 5 aromatic rings. The summed E-state index contributed by atoms with van der Waals surface area (Å²) in [6.07, 6.45) is 9.17. The van der Waals surface area contributed by atoms with E-state index in [0.717, 1.165) is 22.9 Å². The second-order valence-electron chi connectivity index (χ2n) is 7.49. The third kappa shape index (κ3) is 3.76. The monoisotopic (exact) mass is 441 g/mol. The predicted octanol–water partition coefficient (Wildman–Crippen LogP) is 2.80. The number of nitrogens with two attached hydrogens (primary N) is 1. The smallest absolute Gasteiger partial charge is 0.252 e. The van der Waals surface area contributed by atoms with Crippen LogP contribution in [0.1, 0.15) is 30.1 Å². The molecule has 5 N–H and O–H groups in total. The van der Waals surface area contributed by atoms with E-state index in [-0.39, 0.29) is 11.5 Å². The maximum atomic E-state index is 11.9. The number of nitrogens with zero attached hydrogens (tertiary/aromatic N) is 5. The van der Waals surface area contributed by atoms with Crippen LogP contribution >= 0.6 is 0 Å². The molecule has 0 radical (unpaired) electrons. The van der Waals surface area contributed by atoms with E-state index in [2.05, 4.69) is 40.4 Å². The molecular formula is C22H19N9O2. The number of hydrogen-bond donors (Lipinski definition) is 4. The fraction of sp³-hybridized carbons (Fsp3) is 0.136. The van der Waals surface area contributed by atoms with Crippen LogP contribution in [0.2, 0.25) is 0 Å². The molecule has 0 aliphatic rings. The van der Waals surface area contributed by atoms with Gasteiger partial charge in [0.1, 0.15) is 11.2 Å². The quantitative estimate of drug-likeness (QED) is 0.314. The Morgan fingerprint density at radius 2 is 1.88 bits per heavy atom. The number of hydrogen-bond acceptors (Lipinski definition) is 7. The summed E-state index contributed by atoms with van der Waals surface area (Å²) in [5, 5.41) is 10.8. The van der Waals surface area contributed by atoms with Crippen molar-refractivity contribution in [1.82, 2.24) is 35.1 Å². The first-order valence-electron chi connectivity index (χ1n) is 10.3. The van der Waals surface area contributed by atoms with Gasteiger partial charge >= 0.3 is 0 Å². The summed E-state index contributed by atoms with van der Waals surface area (Å²) in [5.41, 5.74) is 9.96. The Bertz CT molecular complexity index is 1520. The maximum absolute atomic E-state index is 11.9. The lowest BCUT2D eigenvalue weighted by Crippen LogP contribution is -2.11. The van der Waals surface area contributed by atoms with E-state index < -0.39 is 5.91 Å². The number of amides is 2. The Balaban J connectivity index is 1.56. The molecule has 0 bridgehead atoms. The zero-order valence-corrected chi connectivity index (χ0v) is 17.6. The molecule has 0 saturated heterocycles. The van der Waals surface area contributed by atoms with Crippen molar-refractivity contribution < 1.29 is 9.59 Å². The highest BCUT2D eigenvalue weighted by Crippen LogP contribution is 2.30. The Morgan fingerprint density at radius 1 is 1.06 bits per heavy atom. The van der Waals surface area contributed by atoms with Gasteiger partial charge in [0.2, 0.25) is 5.91 Å². The van der Waals surface area contributed by atoms with Crippen LogP contribution in [0.5, 0.6) is 0 Å². The number of aromatic nitrogens is 7. The van der Waals surface area contributed by atoms with Gasteiger partial charge in [0, 0.05) is 36.1 Å². The molecule has 5 aromatic heterocycles. The van der Waals surface area contributed by atoms with E-state index in [1.165, 1.54) is 6.20 Å². The van der Waals surface area contributed by atoms with Crippen LogP contribution < -0.4 is 11.1 Å². The van der Waals surface area contributed by atoms with E-state index in [1.807, 2.05) is 19.1 Å². The SMILES string of the molecule is CCCC(=O)Nc1cncc(-c2cnc3[nH]nc(-c4nc5c(C(N)=O)cncc5[nH]4)c3c2)c1. The number of H-pyrrole nitrogens is 2. The fourth-order valence-corrected chi connectivity index (χ4v) is 3.58. The number of imidazole rings is 1. The Hall–Kier alpha value is -4.67. The van der Waals surface area contributed by atoms with E-state index in [9.17, 15) is 9.59 Å². The molecule has 0 atom stereocenters. The lowest BCUT2D eigenvalue weighted by atomic mass is 10.1. The number of carbonyl (C=O) groups excluding carboxylic acids is 2. The second-order valence-corrected chi connectivity index (χ2v) is 7.49. The molecule has 11 nitrogen and oxygen atoms in total. The van der Waals surface area contributed by atoms with Crippen LogP contribution in [-0.4, -0.2) is 46.9 Å². The van der Waals surface area contributed by atoms with Gasteiger partial charge in [-0.15, -0.1) is 0 Å². The molecule has 0 aromatic carbocycles. The summed E-state index contributed by atoms with van der Waals surface area (Å²) < 4.78 is 0.